The Hall–Kier alpha value is -1.15. The van der Waals surface area contributed by atoms with Gasteiger partial charge in [0.25, 0.3) is 0 Å². The van der Waals surface area contributed by atoms with Gasteiger partial charge in [-0.1, -0.05) is 44.2 Å². The van der Waals surface area contributed by atoms with Crippen molar-refractivity contribution in [2.24, 2.45) is 5.41 Å². The molecule has 16 heavy (non-hydrogen) atoms. The fourth-order valence-electron chi connectivity index (χ4n) is 2.01. The normalized spacial score (nSPS) is 12.6. The van der Waals surface area contributed by atoms with Gasteiger partial charge in [0.1, 0.15) is 5.60 Å². The highest BCUT2D eigenvalue weighted by Crippen LogP contribution is 2.27. The van der Waals surface area contributed by atoms with Crippen LogP contribution in [0.2, 0.25) is 0 Å². The molecule has 0 saturated heterocycles. The standard InChI is InChI=1S/C14H20O2/c1-13(2,12(15)14(3,4)16)10-11-8-6-5-7-9-11/h5-9,16H,10H2,1-4H3. The van der Waals surface area contributed by atoms with E-state index in [-0.39, 0.29) is 5.78 Å². The first kappa shape index (κ1) is 12.9. The van der Waals surface area contributed by atoms with E-state index in [2.05, 4.69) is 0 Å². The molecule has 0 spiro atoms. The quantitative estimate of drug-likeness (QED) is 0.846. The van der Waals surface area contributed by atoms with Crippen LogP contribution in [-0.4, -0.2) is 16.5 Å². The Kier molecular flexibility index (Phi) is 3.54. The molecular weight excluding hydrogens is 200 g/mol. The van der Waals surface area contributed by atoms with E-state index < -0.39 is 11.0 Å². The molecule has 0 aliphatic heterocycles. The maximum absolute atomic E-state index is 12.0. The molecule has 0 radical (unpaired) electrons. The molecule has 1 aromatic rings. The summed E-state index contributed by atoms with van der Waals surface area (Å²) in [6, 6.07) is 9.87. The zero-order chi connectivity index (χ0) is 12.4. The van der Waals surface area contributed by atoms with E-state index >= 15 is 0 Å². The first-order valence-corrected chi connectivity index (χ1v) is 5.55. The van der Waals surface area contributed by atoms with Crippen LogP contribution in [0.5, 0.6) is 0 Å². The van der Waals surface area contributed by atoms with Crippen LogP contribution in [0.4, 0.5) is 0 Å². The number of hydrogen-bond donors (Lipinski definition) is 1. The summed E-state index contributed by atoms with van der Waals surface area (Å²) in [5.74, 6) is -0.121. The first-order chi connectivity index (χ1) is 7.23. The molecule has 0 aliphatic rings. The molecular formula is C14H20O2. The summed E-state index contributed by atoms with van der Waals surface area (Å²) in [5, 5.41) is 9.75. The van der Waals surface area contributed by atoms with Crippen LogP contribution in [0.25, 0.3) is 0 Å². The molecule has 0 aliphatic carbocycles. The Morgan fingerprint density at radius 3 is 2.06 bits per heavy atom. The fourth-order valence-corrected chi connectivity index (χ4v) is 2.01. The fraction of sp³-hybridized carbons (Fsp3) is 0.500. The third-order valence-electron chi connectivity index (χ3n) is 2.66. The van der Waals surface area contributed by atoms with Crippen LogP contribution >= 0.6 is 0 Å². The highest BCUT2D eigenvalue weighted by molar-refractivity contribution is 5.91. The number of aliphatic hydroxyl groups is 1. The van der Waals surface area contributed by atoms with Crippen LogP contribution in [0.15, 0.2) is 30.3 Å². The van der Waals surface area contributed by atoms with E-state index in [4.69, 9.17) is 0 Å². The van der Waals surface area contributed by atoms with Crippen LogP contribution in [0, 0.1) is 5.41 Å². The Morgan fingerprint density at radius 2 is 1.62 bits per heavy atom. The predicted molar refractivity (Wildman–Crippen MR) is 65.2 cm³/mol. The minimum Gasteiger partial charge on any atom is -0.383 e. The summed E-state index contributed by atoms with van der Waals surface area (Å²) in [6.07, 6.45) is 0.649. The molecule has 88 valence electrons. The largest absolute Gasteiger partial charge is 0.383 e. The Bertz CT molecular complexity index is 358. The van der Waals surface area contributed by atoms with Gasteiger partial charge in [-0.2, -0.15) is 0 Å². The average molecular weight is 220 g/mol. The van der Waals surface area contributed by atoms with Gasteiger partial charge in [0.05, 0.1) is 0 Å². The second kappa shape index (κ2) is 4.38. The molecule has 0 saturated carbocycles. The van der Waals surface area contributed by atoms with Crippen molar-refractivity contribution in [2.75, 3.05) is 0 Å². The zero-order valence-corrected chi connectivity index (χ0v) is 10.4. The predicted octanol–water partition coefficient (Wildman–Crippen LogP) is 2.60. The van der Waals surface area contributed by atoms with Crippen LogP contribution in [0.1, 0.15) is 33.3 Å². The smallest absolute Gasteiger partial charge is 0.169 e. The van der Waals surface area contributed by atoms with E-state index in [0.717, 1.165) is 5.56 Å². The van der Waals surface area contributed by atoms with Gasteiger partial charge >= 0.3 is 0 Å². The van der Waals surface area contributed by atoms with Crippen LogP contribution < -0.4 is 0 Å². The Balaban J connectivity index is 2.84. The molecule has 0 amide bonds. The second-order valence-electron chi connectivity index (χ2n) is 5.43. The summed E-state index contributed by atoms with van der Waals surface area (Å²) in [6.45, 7) is 6.84. The molecule has 0 atom stereocenters. The molecule has 0 bridgehead atoms. The number of ketones is 1. The zero-order valence-electron chi connectivity index (χ0n) is 10.4. The Labute approximate surface area is 97.3 Å². The number of hydrogen-bond acceptors (Lipinski definition) is 2. The highest BCUT2D eigenvalue weighted by atomic mass is 16.3. The van der Waals surface area contributed by atoms with E-state index in [1.807, 2.05) is 44.2 Å². The number of carbonyl (C=O) groups excluding carboxylic acids is 1. The lowest BCUT2D eigenvalue weighted by Crippen LogP contribution is -2.42. The molecule has 1 aromatic carbocycles. The third kappa shape index (κ3) is 3.17. The molecule has 0 aromatic heterocycles. The second-order valence-corrected chi connectivity index (χ2v) is 5.43. The Morgan fingerprint density at radius 1 is 1.12 bits per heavy atom. The number of Topliss-reactive ketones (excluding diaryl/α,β-unsaturated/α-hetero) is 1. The van der Waals surface area contributed by atoms with E-state index in [1.54, 1.807) is 13.8 Å². The third-order valence-corrected chi connectivity index (χ3v) is 2.66. The molecule has 1 N–H and O–H groups in total. The monoisotopic (exact) mass is 220 g/mol. The van der Waals surface area contributed by atoms with Gasteiger partial charge in [-0.3, -0.25) is 4.79 Å². The van der Waals surface area contributed by atoms with Crippen molar-refractivity contribution in [3.63, 3.8) is 0 Å². The van der Waals surface area contributed by atoms with Gasteiger partial charge in [0.2, 0.25) is 0 Å². The van der Waals surface area contributed by atoms with Crippen LogP contribution in [0.3, 0.4) is 0 Å². The van der Waals surface area contributed by atoms with Crippen molar-refractivity contribution in [1.29, 1.82) is 0 Å². The molecule has 1 rings (SSSR count). The van der Waals surface area contributed by atoms with Crippen molar-refractivity contribution >= 4 is 5.78 Å². The molecule has 0 unspecified atom stereocenters. The summed E-state index contributed by atoms with van der Waals surface area (Å²) < 4.78 is 0. The van der Waals surface area contributed by atoms with Crippen molar-refractivity contribution in [2.45, 2.75) is 39.7 Å². The number of rotatable bonds is 4. The van der Waals surface area contributed by atoms with Gasteiger partial charge in [0.15, 0.2) is 5.78 Å². The lowest BCUT2D eigenvalue weighted by molar-refractivity contribution is -0.143. The van der Waals surface area contributed by atoms with Gasteiger partial charge < -0.3 is 5.11 Å². The maximum atomic E-state index is 12.0. The van der Waals surface area contributed by atoms with E-state index in [1.165, 1.54) is 0 Å². The maximum Gasteiger partial charge on any atom is 0.169 e. The highest BCUT2D eigenvalue weighted by Gasteiger charge is 2.37. The molecule has 0 heterocycles. The lowest BCUT2D eigenvalue weighted by Gasteiger charge is -2.29. The number of benzene rings is 1. The van der Waals surface area contributed by atoms with Gasteiger partial charge in [-0.25, -0.2) is 0 Å². The average Bonchev–Trinajstić information content (AvgIpc) is 2.16. The van der Waals surface area contributed by atoms with Gasteiger partial charge in [-0.15, -0.1) is 0 Å². The van der Waals surface area contributed by atoms with Crippen LogP contribution in [-0.2, 0) is 11.2 Å². The summed E-state index contributed by atoms with van der Waals surface area (Å²) in [7, 11) is 0. The minimum atomic E-state index is -1.27. The number of carbonyl (C=O) groups is 1. The topological polar surface area (TPSA) is 37.3 Å². The van der Waals surface area contributed by atoms with Crippen molar-refractivity contribution in [3.05, 3.63) is 35.9 Å². The van der Waals surface area contributed by atoms with E-state index in [0.29, 0.717) is 6.42 Å². The van der Waals surface area contributed by atoms with Crippen molar-refractivity contribution in [1.82, 2.24) is 0 Å². The van der Waals surface area contributed by atoms with Crippen molar-refractivity contribution < 1.29 is 9.90 Å². The lowest BCUT2D eigenvalue weighted by atomic mass is 9.76. The van der Waals surface area contributed by atoms with Crippen molar-refractivity contribution in [3.8, 4) is 0 Å². The van der Waals surface area contributed by atoms with Gasteiger partial charge in [-0.05, 0) is 25.8 Å². The molecule has 0 fully saturated rings. The summed E-state index contributed by atoms with van der Waals surface area (Å²) in [4.78, 5) is 12.0. The first-order valence-electron chi connectivity index (χ1n) is 5.55. The van der Waals surface area contributed by atoms with Gasteiger partial charge in [0, 0.05) is 5.41 Å². The summed E-state index contributed by atoms with van der Waals surface area (Å²) >= 11 is 0. The molecule has 2 nitrogen and oxygen atoms in total. The SMILES string of the molecule is CC(C)(O)C(=O)C(C)(C)Cc1ccccc1. The minimum absolute atomic E-state index is 0.121. The summed E-state index contributed by atoms with van der Waals surface area (Å²) in [5.41, 5.74) is -0.692. The van der Waals surface area contributed by atoms with E-state index in [9.17, 15) is 9.90 Å². The molecule has 2 heteroatoms.